The van der Waals surface area contributed by atoms with Crippen molar-refractivity contribution in [3.8, 4) is 0 Å². The fourth-order valence-electron chi connectivity index (χ4n) is 0.762. The molecule has 9 heavy (non-hydrogen) atoms. The number of rotatable bonds is 4. The van der Waals surface area contributed by atoms with Crippen LogP contribution < -0.4 is 11.1 Å². The van der Waals surface area contributed by atoms with Gasteiger partial charge in [0.25, 0.3) is 0 Å². The Balaban J connectivity index is 1.80. The Hall–Kier alpha value is -0.120. The summed E-state index contributed by atoms with van der Waals surface area (Å²) in [6.45, 7) is 3.57. The molecule has 1 saturated heterocycles. The Morgan fingerprint density at radius 1 is 1.56 bits per heavy atom. The van der Waals surface area contributed by atoms with Crippen molar-refractivity contribution in [1.29, 1.82) is 0 Å². The smallest absolute Gasteiger partial charge is 0.0643 e. The molecule has 1 aliphatic rings. The fourth-order valence-corrected chi connectivity index (χ4v) is 0.762. The SMILES string of the molecule is NCCCNC1COC1. The molecule has 0 spiro atoms. The second kappa shape index (κ2) is 3.82. The summed E-state index contributed by atoms with van der Waals surface area (Å²) in [6, 6.07) is 0.608. The molecule has 54 valence electrons. The lowest BCUT2D eigenvalue weighted by Gasteiger charge is -2.26. The van der Waals surface area contributed by atoms with Gasteiger partial charge in [-0.2, -0.15) is 0 Å². The summed E-state index contributed by atoms with van der Waals surface area (Å²) in [5.74, 6) is 0. The van der Waals surface area contributed by atoms with Crippen LogP contribution in [-0.2, 0) is 4.74 Å². The molecule has 0 radical (unpaired) electrons. The van der Waals surface area contributed by atoms with E-state index in [1.807, 2.05) is 0 Å². The maximum Gasteiger partial charge on any atom is 0.0643 e. The summed E-state index contributed by atoms with van der Waals surface area (Å²) in [4.78, 5) is 0. The molecule has 0 unspecified atom stereocenters. The van der Waals surface area contributed by atoms with Crippen molar-refractivity contribution in [2.75, 3.05) is 26.3 Å². The highest BCUT2D eigenvalue weighted by Crippen LogP contribution is 1.98. The van der Waals surface area contributed by atoms with Gasteiger partial charge in [0, 0.05) is 0 Å². The van der Waals surface area contributed by atoms with Crippen molar-refractivity contribution in [3.63, 3.8) is 0 Å². The molecule has 1 heterocycles. The molecule has 0 amide bonds. The average molecular weight is 130 g/mol. The van der Waals surface area contributed by atoms with Gasteiger partial charge in [-0.3, -0.25) is 0 Å². The number of nitrogens with two attached hydrogens (primary N) is 1. The maximum atomic E-state index is 5.30. The number of hydrogen-bond acceptors (Lipinski definition) is 3. The van der Waals surface area contributed by atoms with Crippen molar-refractivity contribution in [2.24, 2.45) is 5.73 Å². The molecule has 0 aliphatic carbocycles. The maximum absolute atomic E-state index is 5.30. The lowest BCUT2D eigenvalue weighted by atomic mass is 10.2. The summed E-state index contributed by atoms with van der Waals surface area (Å²) in [6.07, 6.45) is 1.07. The van der Waals surface area contributed by atoms with Crippen LogP contribution in [0.2, 0.25) is 0 Å². The standard InChI is InChI=1S/C6H14N2O/c7-2-1-3-8-6-4-9-5-6/h6,8H,1-5,7H2. The highest BCUT2D eigenvalue weighted by atomic mass is 16.5. The molecule has 1 rings (SSSR count). The Morgan fingerprint density at radius 3 is 2.78 bits per heavy atom. The molecule has 0 aromatic carbocycles. The van der Waals surface area contributed by atoms with Gasteiger partial charge in [-0.25, -0.2) is 0 Å². The Labute approximate surface area is 55.6 Å². The molecule has 1 fully saturated rings. The van der Waals surface area contributed by atoms with Gasteiger partial charge in [0.15, 0.2) is 0 Å². The molecule has 3 nitrogen and oxygen atoms in total. The number of ether oxygens (including phenoxy) is 1. The molecule has 0 bridgehead atoms. The number of nitrogens with one attached hydrogen (secondary N) is 1. The van der Waals surface area contributed by atoms with Gasteiger partial charge in [0.05, 0.1) is 19.3 Å². The van der Waals surface area contributed by atoms with Crippen LogP contribution in [0, 0.1) is 0 Å². The van der Waals surface area contributed by atoms with Crippen molar-refractivity contribution in [1.82, 2.24) is 5.32 Å². The van der Waals surface area contributed by atoms with Gasteiger partial charge in [0.1, 0.15) is 0 Å². The van der Waals surface area contributed by atoms with Gasteiger partial charge < -0.3 is 15.8 Å². The Morgan fingerprint density at radius 2 is 2.33 bits per heavy atom. The first-order valence-electron chi connectivity index (χ1n) is 3.44. The van der Waals surface area contributed by atoms with Crippen LogP contribution in [-0.4, -0.2) is 32.3 Å². The minimum absolute atomic E-state index is 0.608. The van der Waals surface area contributed by atoms with Gasteiger partial charge in [0.2, 0.25) is 0 Å². The van der Waals surface area contributed by atoms with Crippen LogP contribution in [0.4, 0.5) is 0 Å². The average Bonchev–Trinajstić information content (AvgIpc) is 1.76. The van der Waals surface area contributed by atoms with E-state index in [1.165, 1.54) is 0 Å². The predicted molar refractivity (Wildman–Crippen MR) is 36.3 cm³/mol. The minimum atomic E-state index is 0.608. The largest absolute Gasteiger partial charge is 0.378 e. The van der Waals surface area contributed by atoms with Gasteiger partial charge in [-0.05, 0) is 19.5 Å². The zero-order valence-electron chi connectivity index (χ0n) is 5.60. The van der Waals surface area contributed by atoms with Gasteiger partial charge >= 0.3 is 0 Å². The van der Waals surface area contributed by atoms with E-state index in [0.29, 0.717) is 6.04 Å². The molecule has 1 aliphatic heterocycles. The predicted octanol–water partition coefficient (Wildman–Crippen LogP) is -0.676. The van der Waals surface area contributed by atoms with E-state index in [0.717, 1.165) is 32.7 Å². The molecule has 0 aromatic heterocycles. The monoisotopic (exact) mass is 130 g/mol. The molecule has 0 aromatic rings. The second-order valence-corrected chi connectivity index (χ2v) is 2.33. The minimum Gasteiger partial charge on any atom is -0.378 e. The zero-order chi connectivity index (χ0) is 6.53. The fraction of sp³-hybridized carbons (Fsp3) is 1.00. The molecule has 3 N–H and O–H groups in total. The third-order valence-electron chi connectivity index (χ3n) is 1.45. The topological polar surface area (TPSA) is 47.3 Å². The third-order valence-corrected chi connectivity index (χ3v) is 1.45. The molecule has 0 atom stereocenters. The first-order valence-corrected chi connectivity index (χ1v) is 3.44. The normalized spacial score (nSPS) is 19.7. The summed E-state index contributed by atoms with van der Waals surface area (Å²) in [5.41, 5.74) is 5.30. The van der Waals surface area contributed by atoms with Crippen molar-refractivity contribution >= 4 is 0 Å². The number of hydrogen-bond donors (Lipinski definition) is 2. The third kappa shape index (κ3) is 2.30. The summed E-state index contributed by atoms with van der Waals surface area (Å²) < 4.78 is 4.97. The van der Waals surface area contributed by atoms with E-state index in [9.17, 15) is 0 Å². The highest BCUT2D eigenvalue weighted by Gasteiger charge is 2.15. The van der Waals surface area contributed by atoms with Crippen LogP contribution in [0.1, 0.15) is 6.42 Å². The summed E-state index contributed by atoms with van der Waals surface area (Å²) >= 11 is 0. The van der Waals surface area contributed by atoms with E-state index in [4.69, 9.17) is 10.5 Å². The van der Waals surface area contributed by atoms with E-state index in [-0.39, 0.29) is 0 Å². The molecular formula is C6H14N2O. The van der Waals surface area contributed by atoms with Crippen molar-refractivity contribution in [3.05, 3.63) is 0 Å². The quantitative estimate of drug-likeness (QED) is 0.496. The second-order valence-electron chi connectivity index (χ2n) is 2.33. The van der Waals surface area contributed by atoms with E-state index in [2.05, 4.69) is 5.32 Å². The van der Waals surface area contributed by atoms with Gasteiger partial charge in [-0.15, -0.1) is 0 Å². The van der Waals surface area contributed by atoms with E-state index < -0.39 is 0 Å². The lowest BCUT2D eigenvalue weighted by molar-refractivity contribution is -0.00484. The zero-order valence-corrected chi connectivity index (χ0v) is 5.60. The van der Waals surface area contributed by atoms with E-state index >= 15 is 0 Å². The van der Waals surface area contributed by atoms with E-state index in [1.54, 1.807) is 0 Å². The van der Waals surface area contributed by atoms with Crippen LogP contribution in [0.15, 0.2) is 0 Å². The first kappa shape index (κ1) is 6.99. The van der Waals surface area contributed by atoms with Crippen LogP contribution >= 0.6 is 0 Å². The molecular weight excluding hydrogens is 116 g/mol. The van der Waals surface area contributed by atoms with Crippen molar-refractivity contribution < 1.29 is 4.74 Å². The van der Waals surface area contributed by atoms with Crippen molar-refractivity contribution in [2.45, 2.75) is 12.5 Å². The summed E-state index contributed by atoms with van der Waals surface area (Å²) in [5, 5.41) is 3.32. The molecule has 3 heteroatoms. The van der Waals surface area contributed by atoms with Gasteiger partial charge in [-0.1, -0.05) is 0 Å². The van der Waals surface area contributed by atoms with Crippen LogP contribution in [0.25, 0.3) is 0 Å². The Kier molecular flexibility index (Phi) is 2.97. The summed E-state index contributed by atoms with van der Waals surface area (Å²) in [7, 11) is 0. The highest BCUT2D eigenvalue weighted by molar-refractivity contribution is 4.72. The van der Waals surface area contributed by atoms with Crippen LogP contribution in [0.5, 0.6) is 0 Å². The first-order chi connectivity index (χ1) is 4.43. The molecule has 0 saturated carbocycles. The Bertz CT molecular complexity index is 73.5. The lowest BCUT2D eigenvalue weighted by Crippen LogP contribution is -2.46. The van der Waals surface area contributed by atoms with Crippen LogP contribution in [0.3, 0.4) is 0 Å².